The van der Waals surface area contributed by atoms with E-state index in [1.54, 1.807) is 6.20 Å². The first-order valence-electron chi connectivity index (χ1n) is 6.19. The summed E-state index contributed by atoms with van der Waals surface area (Å²) in [6.45, 7) is 5.17. The Bertz CT molecular complexity index is 494. The molecule has 0 fully saturated rings. The van der Waals surface area contributed by atoms with E-state index < -0.39 is 0 Å². The summed E-state index contributed by atoms with van der Waals surface area (Å²) in [6, 6.07) is 6.65. The second-order valence-corrected chi connectivity index (χ2v) is 5.12. The smallest absolute Gasteiger partial charge is 0.107 e. The van der Waals surface area contributed by atoms with Crippen molar-refractivity contribution in [2.75, 3.05) is 6.54 Å². The van der Waals surface area contributed by atoms with Gasteiger partial charge in [-0.05, 0) is 24.6 Å². The fraction of sp³-hybridized carbons (Fsp3) is 0.357. The van der Waals surface area contributed by atoms with Crippen molar-refractivity contribution >= 4 is 15.9 Å². The third-order valence-electron chi connectivity index (χ3n) is 3.00. The number of aryl methyl sites for hydroxylation is 1. The lowest BCUT2D eigenvalue weighted by atomic mass is 10.0. The number of halogens is 1. The topological polar surface area (TPSA) is 40.7 Å². The zero-order valence-electron chi connectivity index (χ0n) is 10.7. The van der Waals surface area contributed by atoms with Gasteiger partial charge in [-0.2, -0.15) is 0 Å². The maximum absolute atomic E-state index is 4.31. The van der Waals surface area contributed by atoms with Crippen LogP contribution in [0.3, 0.4) is 0 Å². The molecule has 1 heterocycles. The number of H-pyrrole nitrogens is 1. The Morgan fingerprint density at radius 1 is 1.44 bits per heavy atom. The summed E-state index contributed by atoms with van der Waals surface area (Å²) in [6.07, 6.45) is 4.52. The third kappa shape index (κ3) is 3.00. The highest BCUT2D eigenvalue weighted by molar-refractivity contribution is 9.10. The van der Waals surface area contributed by atoms with E-state index in [-0.39, 0.29) is 6.04 Å². The van der Waals surface area contributed by atoms with Gasteiger partial charge >= 0.3 is 0 Å². The molecule has 0 radical (unpaired) electrons. The van der Waals surface area contributed by atoms with E-state index in [9.17, 15) is 0 Å². The molecule has 1 unspecified atom stereocenters. The first kappa shape index (κ1) is 13.3. The molecule has 0 amide bonds. The molecule has 0 saturated carbocycles. The average molecular weight is 308 g/mol. The van der Waals surface area contributed by atoms with Gasteiger partial charge in [0.1, 0.15) is 5.82 Å². The Hall–Kier alpha value is -1.13. The molecule has 1 atom stereocenters. The highest BCUT2D eigenvalue weighted by Crippen LogP contribution is 2.28. The van der Waals surface area contributed by atoms with E-state index in [0.717, 1.165) is 18.8 Å². The van der Waals surface area contributed by atoms with Gasteiger partial charge in [-0.1, -0.05) is 41.1 Å². The largest absolute Gasteiger partial charge is 0.349 e. The lowest BCUT2D eigenvalue weighted by Gasteiger charge is -2.19. The number of nitrogens with zero attached hydrogens (tertiary/aromatic N) is 1. The first-order valence-corrected chi connectivity index (χ1v) is 6.98. The lowest BCUT2D eigenvalue weighted by Crippen LogP contribution is -2.24. The molecule has 2 rings (SSSR count). The van der Waals surface area contributed by atoms with E-state index in [1.807, 2.05) is 6.20 Å². The molecule has 0 aliphatic carbocycles. The van der Waals surface area contributed by atoms with Gasteiger partial charge in [0, 0.05) is 29.3 Å². The van der Waals surface area contributed by atoms with Crippen molar-refractivity contribution in [1.82, 2.24) is 15.3 Å². The Labute approximate surface area is 116 Å². The van der Waals surface area contributed by atoms with Crippen LogP contribution in [0.1, 0.15) is 29.9 Å². The molecular weight excluding hydrogens is 290 g/mol. The molecule has 4 heteroatoms. The number of nitrogens with one attached hydrogen (secondary N) is 2. The number of rotatable bonds is 5. The minimum Gasteiger partial charge on any atom is -0.349 e. The normalized spacial score (nSPS) is 12.6. The van der Waals surface area contributed by atoms with Gasteiger partial charge < -0.3 is 10.3 Å². The van der Waals surface area contributed by atoms with Gasteiger partial charge in [0.15, 0.2) is 0 Å². The molecule has 0 spiro atoms. The summed E-state index contributed by atoms with van der Waals surface area (Å²) < 4.78 is 1.18. The number of likely N-dealkylation sites (N-methyl/N-ethyl adjacent to an activating group) is 1. The Morgan fingerprint density at radius 2 is 2.28 bits per heavy atom. The van der Waals surface area contributed by atoms with Crippen molar-refractivity contribution in [2.24, 2.45) is 0 Å². The summed E-state index contributed by atoms with van der Waals surface area (Å²) in [7, 11) is 0. The Kier molecular flexibility index (Phi) is 4.55. The number of benzene rings is 1. The molecule has 0 aliphatic heterocycles. The number of hydrogen-bond donors (Lipinski definition) is 2. The van der Waals surface area contributed by atoms with Crippen molar-refractivity contribution < 1.29 is 0 Å². The molecule has 1 aromatic carbocycles. The maximum atomic E-state index is 4.31. The van der Waals surface area contributed by atoms with E-state index in [2.05, 4.69) is 63.3 Å². The van der Waals surface area contributed by atoms with Crippen molar-refractivity contribution in [3.63, 3.8) is 0 Å². The zero-order chi connectivity index (χ0) is 13.0. The molecule has 0 bridgehead atoms. The van der Waals surface area contributed by atoms with E-state index >= 15 is 0 Å². The quantitative estimate of drug-likeness (QED) is 0.889. The van der Waals surface area contributed by atoms with E-state index in [0.29, 0.717) is 0 Å². The standard InChI is InChI=1S/C14H18BrN3/c1-3-16-12(9-13-17-7-8-18-13)11-6-4-5-10(2)14(11)15/h4-8,12,16H,3,9H2,1-2H3,(H,17,18). The molecule has 0 aliphatic rings. The van der Waals surface area contributed by atoms with Crippen LogP contribution < -0.4 is 5.32 Å². The van der Waals surface area contributed by atoms with Crippen LogP contribution in [-0.4, -0.2) is 16.5 Å². The molecule has 96 valence electrons. The SMILES string of the molecule is CCNC(Cc1ncc[nH]1)c1cccc(C)c1Br. The zero-order valence-corrected chi connectivity index (χ0v) is 12.3. The highest BCUT2D eigenvalue weighted by atomic mass is 79.9. The molecule has 2 aromatic rings. The predicted octanol–water partition coefficient (Wildman–Crippen LogP) is 3.37. The van der Waals surface area contributed by atoms with Gasteiger partial charge in [0.2, 0.25) is 0 Å². The number of aromatic amines is 1. The summed E-state index contributed by atoms with van der Waals surface area (Å²) >= 11 is 3.68. The van der Waals surface area contributed by atoms with Crippen LogP contribution in [0.2, 0.25) is 0 Å². The Morgan fingerprint density at radius 3 is 2.94 bits per heavy atom. The second-order valence-electron chi connectivity index (χ2n) is 4.33. The number of imidazole rings is 1. The highest BCUT2D eigenvalue weighted by Gasteiger charge is 2.16. The van der Waals surface area contributed by atoms with Crippen LogP contribution in [0.15, 0.2) is 35.1 Å². The molecule has 1 aromatic heterocycles. The average Bonchev–Trinajstić information content (AvgIpc) is 2.85. The summed E-state index contributed by atoms with van der Waals surface area (Å²) in [5.41, 5.74) is 2.54. The number of hydrogen-bond acceptors (Lipinski definition) is 2. The maximum Gasteiger partial charge on any atom is 0.107 e. The van der Waals surface area contributed by atoms with Crippen molar-refractivity contribution in [1.29, 1.82) is 0 Å². The first-order chi connectivity index (χ1) is 8.72. The van der Waals surface area contributed by atoms with Crippen LogP contribution in [0.25, 0.3) is 0 Å². The number of aromatic nitrogens is 2. The van der Waals surface area contributed by atoms with Gasteiger partial charge in [0.25, 0.3) is 0 Å². The minimum atomic E-state index is 0.274. The molecule has 3 nitrogen and oxygen atoms in total. The summed E-state index contributed by atoms with van der Waals surface area (Å²) in [5, 5.41) is 3.52. The molecule has 0 saturated heterocycles. The van der Waals surface area contributed by atoms with Crippen LogP contribution in [0.5, 0.6) is 0 Å². The van der Waals surface area contributed by atoms with Crippen molar-refractivity contribution in [3.8, 4) is 0 Å². The molecule has 2 N–H and O–H groups in total. The molecule has 18 heavy (non-hydrogen) atoms. The van der Waals surface area contributed by atoms with Crippen LogP contribution in [-0.2, 0) is 6.42 Å². The fourth-order valence-corrected chi connectivity index (χ4v) is 2.62. The fourth-order valence-electron chi connectivity index (χ4n) is 2.08. The predicted molar refractivity (Wildman–Crippen MR) is 77.6 cm³/mol. The second kappa shape index (κ2) is 6.16. The van der Waals surface area contributed by atoms with Crippen LogP contribution >= 0.6 is 15.9 Å². The van der Waals surface area contributed by atoms with Crippen LogP contribution in [0.4, 0.5) is 0 Å². The summed E-state index contributed by atoms with van der Waals surface area (Å²) in [5.74, 6) is 1.01. The van der Waals surface area contributed by atoms with E-state index in [1.165, 1.54) is 15.6 Å². The van der Waals surface area contributed by atoms with Crippen molar-refractivity contribution in [2.45, 2.75) is 26.3 Å². The summed E-state index contributed by atoms with van der Waals surface area (Å²) in [4.78, 5) is 7.47. The Balaban J connectivity index is 2.26. The van der Waals surface area contributed by atoms with Crippen molar-refractivity contribution in [3.05, 3.63) is 52.0 Å². The van der Waals surface area contributed by atoms with Gasteiger partial charge in [-0.3, -0.25) is 0 Å². The minimum absolute atomic E-state index is 0.274. The van der Waals surface area contributed by atoms with Gasteiger partial charge in [-0.25, -0.2) is 4.98 Å². The monoisotopic (exact) mass is 307 g/mol. The van der Waals surface area contributed by atoms with E-state index in [4.69, 9.17) is 0 Å². The van der Waals surface area contributed by atoms with Gasteiger partial charge in [0.05, 0.1) is 0 Å². The van der Waals surface area contributed by atoms with Crippen LogP contribution in [0, 0.1) is 6.92 Å². The lowest BCUT2D eigenvalue weighted by molar-refractivity contribution is 0.537. The van der Waals surface area contributed by atoms with Gasteiger partial charge in [-0.15, -0.1) is 0 Å². The molecular formula is C14H18BrN3. The third-order valence-corrected chi connectivity index (χ3v) is 4.08.